The maximum absolute atomic E-state index is 14.4. The number of benzene rings is 1. The molecule has 1 atom stereocenters. The monoisotopic (exact) mass is 423 g/mol. The highest BCUT2D eigenvalue weighted by Crippen LogP contribution is 2.31. The number of amides is 1. The summed E-state index contributed by atoms with van der Waals surface area (Å²) in [5.41, 5.74) is 0.0435. The zero-order valence-corrected chi connectivity index (χ0v) is 18.1. The third kappa shape index (κ3) is 4.61. The van der Waals surface area contributed by atoms with Gasteiger partial charge in [0.05, 0.1) is 25.9 Å². The average Bonchev–Trinajstić information content (AvgIpc) is 3.11. The van der Waals surface area contributed by atoms with Gasteiger partial charge in [0.1, 0.15) is 5.52 Å². The molecular weight excluding hydrogens is 393 g/mol. The molecule has 0 bridgehead atoms. The Bertz CT molecular complexity index is 887. The first-order valence-corrected chi connectivity index (χ1v) is 10.1. The van der Waals surface area contributed by atoms with Crippen molar-refractivity contribution in [1.29, 1.82) is 0 Å². The van der Waals surface area contributed by atoms with Crippen molar-refractivity contribution in [2.45, 2.75) is 58.2 Å². The van der Waals surface area contributed by atoms with E-state index in [0.717, 1.165) is 12.8 Å². The Hall–Kier alpha value is -2.55. The van der Waals surface area contributed by atoms with Crippen molar-refractivity contribution in [1.82, 2.24) is 9.88 Å². The van der Waals surface area contributed by atoms with Crippen LogP contribution in [0.1, 0.15) is 40.5 Å². The second kappa shape index (κ2) is 8.67. The average molecular weight is 423 g/mol. The maximum Gasteiger partial charge on any atom is 0.408 e. The van der Waals surface area contributed by atoms with Gasteiger partial charge in [-0.1, -0.05) is 0 Å². The van der Waals surface area contributed by atoms with Gasteiger partial charge in [-0.05, 0) is 52.7 Å². The lowest BCUT2D eigenvalue weighted by Gasteiger charge is -2.39. The lowest BCUT2D eigenvalue weighted by atomic mass is 10.0. The number of nitrogens with zero attached hydrogens (tertiary/aromatic N) is 3. The summed E-state index contributed by atoms with van der Waals surface area (Å²) in [6, 6.07) is 3.33. The maximum atomic E-state index is 14.4. The number of ether oxygens (including phenoxy) is 2. The SMILES string of the molecule is COc1ccc2nc(N3CCC(OC[C@H](C)N(C(=O)O)C(C)(C)C)CC3)oc2c1F. The summed E-state index contributed by atoms with van der Waals surface area (Å²) in [5.74, 6) is -0.431. The van der Waals surface area contributed by atoms with Crippen molar-refractivity contribution in [3.63, 3.8) is 0 Å². The number of methoxy groups -OCH3 is 1. The van der Waals surface area contributed by atoms with E-state index in [1.807, 2.05) is 32.6 Å². The van der Waals surface area contributed by atoms with Gasteiger partial charge in [0.2, 0.25) is 5.82 Å². The largest absolute Gasteiger partial charge is 0.494 e. The fourth-order valence-electron chi connectivity index (χ4n) is 3.92. The number of carbonyl (C=O) groups is 1. The minimum atomic E-state index is -0.951. The third-order valence-electron chi connectivity index (χ3n) is 5.33. The normalized spacial score (nSPS) is 16.7. The van der Waals surface area contributed by atoms with Gasteiger partial charge in [-0.2, -0.15) is 9.37 Å². The summed E-state index contributed by atoms with van der Waals surface area (Å²) in [5, 5.41) is 9.50. The summed E-state index contributed by atoms with van der Waals surface area (Å²) < 4.78 is 31.0. The first-order valence-electron chi connectivity index (χ1n) is 10.1. The van der Waals surface area contributed by atoms with Crippen LogP contribution in [0.4, 0.5) is 15.2 Å². The van der Waals surface area contributed by atoms with Crippen LogP contribution < -0.4 is 9.64 Å². The number of halogens is 1. The Morgan fingerprint density at radius 3 is 2.63 bits per heavy atom. The molecule has 1 aromatic heterocycles. The van der Waals surface area contributed by atoms with E-state index in [-0.39, 0.29) is 23.5 Å². The molecule has 0 spiro atoms. The predicted molar refractivity (Wildman–Crippen MR) is 111 cm³/mol. The molecule has 3 rings (SSSR count). The standard InChI is InChI=1S/C21H30FN3O5/c1-13(25(20(26)27)21(2,3)4)12-29-14-8-10-24(11-9-14)19-23-15-6-7-16(28-5)17(22)18(15)30-19/h6-7,13-14H,8-12H2,1-5H3,(H,26,27)/t13-/m0/s1. The second-order valence-corrected chi connectivity index (χ2v) is 8.62. The van der Waals surface area contributed by atoms with Crippen LogP contribution >= 0.6 is 0 Å². The molecule has 1 aliphatic rings. The number of piperidine rings is 1. The van der Waals surface area contributed by atoms with Crippen LogP contribution in [0.15, 0.2) is 16.5 Å². The van der Waals surface area contributed by atoms with Crippen LogP contribution in [-0.4, -0.2) is 65.6 Å². The van der Waals surface area contributed by atoms with E-state index < -0.39 is 17.4 Å². The molecule has 30 heavy (non-hydrogen) atoms. The number of fused-ring (bicyclic) bond motifs is 1. The Morgan fingerprint density at radius 2 is 2.07 bits per heavy atom. The highest BCUT2D eigenvalue weighted by molar-refractivity contribution is 5.77. The van der Waals surface area contributed by atoms with Gasteiger partial charge in [-0.3, -0.25) is 4.90 Å². The van der Waals surface area contributed by atoms with Crippen LogP contribution in [-0.2, 0) is 4.74 Å². The van der Waals surface area contributed by atoms with Gasteiger partial charge in [-0.25, -0.2) is 4.79 Å². The molecule has 1 saturated heterocycles. The third-order valence-corrected chi connectivity index (χ3v) is 5.33. The zero-order valence-electron chi connectivity index (χ0n) is 18.1. The predicted octanol–water partition coefficient (Wildman–Crippen LogP) is 4.13. The Labute approximate surface area is 175 Å². The Balaban J connectivity index is 1.57. The van der Waals surface area contributed by atoms with E-state index in [2.05, 4.69) is 4.98 Å². The van der Waals surface area contributed by atoms with E-state index in [1.165, 1.54) is 18.1 Å². The molecule has 2 aromatic rings. The molecule has 1 aliphatic heterocycles. The number of hydrogen-bond acceptors (Lipinski definition) is 6. The molecule has 0 radical (unpaired) electrons. The number of carboxylic acid groups (broad SMARTS) is 1. The van der Waals surface area contributed by atoms with Gasteiger partial charge in [-0.15, -0.1) is 0 Å². The molecule has 8 nitrogen and oxygen atoms in total. The van der Waals surface area contributed by atoms with E-state index in [1.54, 1.807) is 6.07 Å². The van der Waals surface area contributed by atoms with Gasteiger partial charge in [0, 0.05) is 18.6 Å². The quantitative estimate of drug-likeness (QED) is 0.747. The van der Waals surface area contributed by atoms with E-state index in [4.69, 9.17) is 13.9 Å². The molecule has 0 unspecified atom stereocenters. The van der Waals surface area contributed by atoms with Crippen LogP contribution in [0, 0.1) is 5.82 Å². The number of anilines is 1. The molecule has 0 saturated carbocycles. The minimum absolute atomic E-state index is 0.0283. The minimum Gasteiger partial charge on any atom is -0.494 e. The van der Waals surface area contributed by atoms with Gasteiger partial charge < -0.3 is 23.9 Å². The zero-order chi connectivity index (χ0) is 22.1. The van der Waals surface area contributed by atoms with Crippen molar-refractivity contribution >= 4 is 23.2 Å². The van der Waals surface area contributed by atoms with E-state index in [9.17, 15) is 14.3 Å². The van der Waals surface area contributed by atoms with Gasteiger partial charge >= 0.3 is 6.09 Å². The smallest absolute Gasteiger partial charge is 0.408 e. The first kappa shape index (κ1) is 22.1. The fourth-order valence-corrected chi connectivity index (χ4v) is 3.92. The Morgan fingerprint density at radius 1 is 1.40 bits per heavy atom. The lowest BCUT2D eigenvalue weighted by Crippen LogP contribution is -2.52. The molecular formula is C21H30FN3O5. The van der Waals surface area contributed by atoms with Crippen LogP contribution in [0.3, 0.4) is 0 Å². The van der Waals surface area contributed by atoms with Crippen molar-refractivity contribution in [3.05, 3.63) is 17.9 Å². The van der Waals surface area contributed by atoms with E-state index in [0.29, 0.717) is 31.2 Å². The molecule has 1 fully saturated rings. The fraction of sp³-hybridized carbons (Fsp3) is 0.619. The number of rotatable bonds is 6. The Kier molecular flexibility index (Phi) is 6.40. The molecule has 1 aromatic carbocycles. The van der Waals surface area contributed by atoms with Crippen molar-refractivity contribution < 1.29 is 28.2 Å². The van der Waals surface area contributed by atoms with Crippen molar-refractivity contribution in [2.24, 2.45) is 0 Å². The topological polar surface area (TPSA) is 88.3 Å². The second-order valence-electron chi connectivity index (χ2n) is 8.62. The number of hydrogen-bond donors (Lipinski definition) is 1. The van der Waals surface area contributed by atoms with E-state index >= 15 is 0 Å². The number of oxazole rings is 1. The lowest BCUT2D eigenvalue weighted by molar-refractivity contribution is -0.0142. The molecule has 0 aliphatic carbocycles. The molecule has 2 heterocycles. The molecule has 1 N–H and O–H groups in total. The molecule has 9 heteroatoms. The highest BCUT2D eigenvalue weighted by Gasteiger charge is 2.32. The summed E-state index contributed by atoms with van der Waals surface area (Å²) in [6.45, 7) is 9.12. The van der Waals surface area contributed by atoms with Crippen molar-refractivity contribution in [3.8, 4) is 5.75 Å². The van der Waals surface area contributed by atoms with Crippen molar-refractivity contribution in [2.75, 3.05) is 31.7 Å². The van der Waals surface area contributed by atoms with Gasteiger partial charge in [0.25, 0.3) is 6.01 Å². The summed E-state index contributed by atoms with van der Waals surface area (Å²) in [7, 11) is 1.41. The van der Waals surface area contributed by atoms with Gasteiger partial charge in [0.15, 0.2) is 11.3 Å². The molecule has 1 amide bonds. The van der Waals surface area contributed by atoms with Crippen LogP contribution in [0.5, 0.6) is 5.75 Å². The molecule has 166 valence electrons. The highest BCUT2D eigenvalue weighted by atomic mass is 19.1. The summed E-state index contributed by atoms with van der Waals surface area (Å²) in [4.78, 5) is 19.4. The first-order chi connectivity index (χ1) is 14.1. The number of aromatic nitrogens is 1. The summed E-state index contributed by atoms with van der Waals surface area (Å²) >= 11 is 0. The van der Waals surface area contributed by atoms with Crippen LogP contribution in [0.2, 0.25) is 0 Å². The van der Waals surface area contributed by atoms with Crippen LogP contribution in [0.25, 0.3) is 11.1 Å². The summed E-state index contributed by atoms with van der Waals surface area (Å²) in [6.07, 6.45) is 0.577.